The van der Waals surface area contributed by atoms with Crippen LogP contribution in [0.2, 0.25) is 0 Å². The molecule has 0 heterocycles. The van der Waals surface area contributed by atoms with Crippen molar-refractivity contribution in [3.05, 3.63) is 40.5 Å². The van der Waals surface area contributed by atoms with E-state index >= 15 is 0 Å². The third-order valence-corrected chi connectivity index (χ3v) is 2.12. The Balaban J connectivity index is 3.14. The molecule has 0 aliphatic heterocycles. The van der Waals surface area contributed by atoms with Gasteiger partial charge in [-0.2, -0.15) is 0 Å². The first-order valence-corrected chi connectivity index (χ1v) is 4.88. The first-order chi connectivity index (χ1) is 6.13. The highest BCUT2D eigenvalue weighted by Gasteiger charge is 1.97. The van der Waals surface area contributed by atoms with Crippen LogP contribution in [0.1, 0.15) is 37.5 Å². The molecule has 0 unspecified atom stereocenters. The topological polar surface area (TPSA) is 0 Å². The lowest BCUT2D eigenvalue weighted by molar-refractivity contribution is 1.12. The van der Waals surface area contributed by atoms with Crippen molar-refractivity contribution in [1.29, 1.82) is 0 Å². The summed E-state index contributed by atoms with van der Waals surface area (Å²) in [6.07, 6.45) is 3.36. The van der Waals surface area contributed by atoms with Crippen molar-refractivity contribution in [3.8, 4) is 0 Å². The second-order valence-corrected chi connectivity index (χ2v) is 3.78. The predicted octanol–water partition coefficient (Wildman–Crippen LogP) is 3.98. The largest absolute Gasteiger partial charge is 0.0758 e. The van der Waals surface area contributed by atoms with E-state index in [4.69, 9.17) is 0 Å². The summed E-state index contributed by atoms with van der Waals surface area (Å²) in [4.78, 5) is 0. The zero-order valence-electron chi connectivity index (χ0n) is 9.02. The molecule has 0 amide bonds. The van der Waals surface area contributed by atoms with E-state index in [1.165, 1.54) is 22.3 Å². The van der Waals surface area contributed by atoms with Gasteiger partial charge < -0.3 is 0 Å². The summed E-state index contributed by atoms with van der Waals surface area (Å²) < 4.78 is 0. The number of hydrogen-bond donors (Lipinski definition) is 0. The van der Waals surface area contributed by atoms with Gasteiger partial charge in [-0.25, -0.2) is 0 Å². The normalized spacial score (nSPS) is 9.85. The van der Waals surface area contributed by atoms with Gasteiger partial charge in [0, 0.05) is 0 Å². The average molecular weight is 174 g/mol. The van der Waals surface area contributed by atoms with E-state index in [1.54, 1.807) is 0 Å². The molecule has 0 fully saturated rings. The first-order valence-electron chi connectivity index (χ1n) is 4.88. The molecular weight excluding hydrogens is 156 g/mol. The molecule has 0 nitrogen and oxygen atoms in total. The number of hydrogen-bond acceptors (Lipinski definition) is 0. The fourth-order valence-electron chi connectivity index (χ4n) is 1.49. The van der Waals surface area contributed by atoms with Gasteiger partial charge >= 0.3 is 0 Å². The number of benzene rings is 1. The van der Waals surface area contributed by atoms with Gasteiger partial charge in [0.25, 0.3) is 0 Å². The highest BCUT2D eigenvalue weighted by Crippen LogP contribution is 2.15. The smallest absolute Gasteiger partial charge is 0.0225 e. The summed E-state index contributed by atoms with van der Waals surface area (Å²) in [6.45, 7) is 8.63. The molecular formula is C13H18. The molecule has 0 aromatic heterocycles. The average Bonchev–Trinajstić information content (AvgIpc) is 2.07. The van der Waals surface area contributed by atoms with Crippen LogP contribution in [0.25, 0.3) is 6.08 Å². The van der Waals surface area contributed by atoms with Crippen molar-refractivity contribution >= 4 is 6.08 Å². The van der Waals surface area contributed by atoms with Crippen LogP contribution >= 0.6 is 0 Å². The molecule has 0 bridgehead atoms. The van der Waals surface area contributed by atoms with Crippen LogP contribution in [0.15, 0.2) is 23.8 Å². The Labute approximate surface area is 81.3 Å². The number of allylic oxidation sites excluding steroid dienone is 1. The predicted molar refractivity (Wildman–Crippen MR) is 59.9 cm³/mol. The molecule has 0 radical (unpaired) electrons. The second kappa shape index (κ2) is 4.27. The highest BCUT2D eigenvalue weighted by molar-refractivity contribution is 5.56. The lowest BCUT2D eigenvalue weighted by Gasteiger charge is -2.05. The summed E-state index contributed by atoms with van der Waals surface area (Å²) >= 11 is 0. The second-order valence-electron chi connectivity index (χ2n) is 3.78. The van der Waals surface area contributed by atoms with E-state index < -0.39 is 0 Å². The van der Waals surface area contributed by atoms with Gasteiger partial charge in [0.1, 0.15) is 0 Å². The maximum atomic E-state index is 2.27. The summed E-state index contributed by atoms with van der Waals surface area (Å²) in [6, 6.07) is 6.66. The van der Waals surface area contributed by atoms with Gasteiger partial charge in [-0.15, -0.1) is 0 Å². The van der Waals surface area contributed by atoms with Crippen LogP contribution in [0.5, 0.6) is 0 Å². The monoisotopic (exact) mass is 174 g/mol. The Kier molecular flexibility index (Phi) is 3.30. The van der Waals surface area contributed by atoms with Crippen LogP contribution in [0.4, 0.5) is 0 Å². The highest BCUT2D eigenvalue weighted by atomic mass is 14.0. The standard InChI is InChI=1S/C13H18/c1-5-12-9-11(4)6-7-13(12)8-10(2)3/h6-9H,5H2,1-4H3. The van der Waals surface area contributed by atoms with Gasteiger partial charge in [-0.05, 0) is 38.3 Å². The Morgan fingerprint density at radius 1 is 1.31 bits per heavy atom. The lowest BCUT2D eigenvalue weighted by Crippen LogP contribution is -1.87. The number of aryl methyl sites for hydroxylation is 2. The minimum Gasteiger partial charge on any atom is -0.0758 e. The van der Waals surface area contributed by atoms with Gasteiger partial charge in [0.15, 0.2) is 0 Å². The Morgan fingerprint density at radius 3 is 2.54 bits per heavy atom. The van der Waals surface area contributed by atoms with Crippen LogP contribution in [-0.2, 0) is 6.42 Å². The summed E-state index contributed by atoms with van der Waals surface area (Å²) in [5.41, 5.74) is 5.52. The molecule has 1 aromatic carbocycles. The summed E-state index contributed by atoms with van der Waals surface area (Å²) in [5.74, 6) is 0. The van der Waals surface area contributed by atoms with E-state index in [-0.39, 0.29) is 0 Å². The van der Waals surface area contributed by atoms with Gasteiger partial charge in [-0.1, -0.05) is 42.3 Å². The molecule has 1 aromatic rings. The van der Waals surface area contributed by atoms with Crippen molar-refractivity contribution in [2.75, 3.05) is 0 Å². The van der Waals surface area contributed by atoms with E-state index in [0.29, 0.717) is 0 Å². The lowest BCUT2D eigenvalue weighted by atomic mass is 10.0. The third-order valence-electron chi connectivity index (χ3n) is 2.12. The van der Waals surface area contributed by atoms with Crippen LogP contribution in [0, 0.1) is 6.92 Å². The van der Waals surface area contributed by atoms with Crippen molar-refractivity contribution in [1.82, 2.24) is 0 Å². The maximum absolute atomic E-state index is 2.27. The zero-order chi connectivity index (χ0) is 9.84. The Bertz CT molecular complexity index is 315. The first kappa shape index (κ1) is 10.0. The number of rotatable bonds is 2. The quantitative estimate of drug-likeness (QED) is 0.636. The van der Waals surface area contributed by atoms with Gasteiger partial charge in [0.2, 0.25) is 0 Å². The van der Waals surface area contributed by atoms with Gasteiger partial charge in [-0.3, -0.25) is 0 Å². The molecule has 13 heavy (non-hydrogen) atoms. The SMILES string of the molecule is CCc1cc(C)ccc1C=C(C)C. The van der Waals surface area contributed by atoms with Crippen LogP contribution in [-0.4, -0.2) is 0 Å². The fourth-order valence-corrected chi connectivity index (χ4v) is 1.49. The van der Waals surface area contributed by atoms with E-state index in [0.717, 1.165) is 6.42 Å². The van der Waals surface area contributed by atoms with Crippen LogP contribution < -0.4 is 0 Å². The summed E-state index contributed by atoms with van der Waals surface area (Å²) in [5, 5.41) is 0. The molecule has 0 N–H and O–H groups in total. The van der Waals surface area contributed by atoms with E-state index in [2.05, 4.69) is 52.0 Å². The minimum atomic E-state index is 1.11. The fraction of sp³-hybridized carbons (Fsp3) is 0.385. The van der Waals surface area contributed by atoms with Crippen molar-refractivity contribution in [3.63, 3.8) is 0 Å². The van der Waals surface area contributed by atoms with Crippen molar-refractivity contribution < 1.29 is 0 Å². The molecule has 0 saturated carbocycles. The molecule has 70 valence electrons. The van der Waals surface area contributed by atoms with Crippen molar-refractivity contribution in [2.24, 2.45) is 0 Å². The maximum Gasteiger partial charge on any atom is -0.0225 e. The molecule has 0 aliphatic carbocycles. The molecule has 1 rings (SSSR count). The molecule has 0 spiro atoms. The van der Waals surface area contributed by atoms with Crippen molar-refractivity contribution in [2.45, 2.75) is 34.1 Å². The summed E-state index contributed by atoms with van der Waals surface area (Å²) in [7, 11) is 0. The zero-order valence-corrected chi connectivity index (χ0v) is 9.02. The Morgan fingerprint density at radius 2 is 2.00 bits per heavy atom. The minimum absolute atomic E-state index is 1.11. The van der Waals surface area contributed by atoms with E-state index in [9.17, 15) is 0 Å². The third kappa shape index (κ3) is 2.73. The van der Waals surface area contributed by atoms with E-state index in [1.807, 2.05) is 0 Å². The molecule has 0 saturated heterocycles. The van der Waals surface area contributed by atoms with Gasteiger partial charge in [0.05, 0.1) is 0 Å². The molecule has 0 atom stereocenters. The molecule has 0 aliphatic rings. The van der Waals surface area contributed by atoms with Crippen LogP contribution in [0.3, 0.4) is 0 Å². The molecule has 0 heteroatoms. The Hall–Kier alpha value is -1.04.